The molecule has 0 radical (unpaired) electrons. The number of imide groups is 1. The predicted molar refractivity (Wildman–Crippen MR) is 158 cm³/mol. The van der Waals surface area contributed by atoms with Crippen LogP contribution in [0.1, 0.15) is 37.4 Å². The number of nitrogens with zero attached hydrogens (tertiary/aromatic N) is 1. The van der Waals surface area contributed by atoms with Gasteiger partial charge in [0.1, 0.15) is 23.1 Å². The summed E-state index contributed by atoms with van der Waals surface area (Å²) in [5.41, 5.74) is 4.07. The fourth-order valence-electron chi connectivity index (χ4n) is 4.35. The molecule has 4 aromatic rings. The smallest absolute Gasteiger partial charge is 0.343 e. The first-order valence-corrected chi connectivity index (χ1v) is 13.4. The third-order valence-corrected chi connectivity index (χ3v) is 6.87. The maximum absolute atomic E-state index is 13.1. The third kappa shape index (κ3) is 6.09. The van der Waals surface area contributed by atoms with E-state index in [4.69, 9.17) is 21.1 Å². The molecular weight excluding hydrogens is 556 g/mol. The number of hydrogen-bond donors (Lipinski definition) is 1. The van der Waals surface area contributed by atoms with Gasteiger partial charge in [-0.3, -0.25) is 9.59 Å². The standard InChI is InChI=1S/C33H25ClN2O6/c1-20-8-17-27(21(2)18-20)36-30(37)28(34)29(31(36)38)35-25-13-9-24(10-14-25)33(40)42-26-15-11-23(12-16-26)32(39)41-19-22-6-4-3-5-7-22/h3-18,35H,19H2,1-2H3. The van der Waals surface area contributed by atoms with Crippen LogP contribution in [0.3, 0.4) is 0 Å². The second-order valence-corrected chi connectivity index (χ2v) is 9.98. The molecule has 4 aromatic carbocycles. The fraction of sp³-hybridized carbons (Fsp3) is 0.0909. The minimum absolute atomic E-state index is 0.0562. The van der Waals surface area contributed by atoms with Crippen molar-refractivity contribution in [1.29, 1.82) is 0 Å². The van der Waals surface area contributed by atoms with Crippen LogP contribution in [-0.2, 0) is 20.9 Å². The molecule has 0 unspecified atom stereocenters. The predicted octanol–water partition coefficient (Wildman–Crippen LogP) is 6.32. The molecule has 2 amide bonds. The van der Waals surface area contributed by atoms with E-state index in [2.05, 4.69) is 5.32 Å². The Morgan fingerprint density at radius 1 is 0.786 bits per heavy atom. The molecule has 0 fully saturated rings. The van der Waals surface area contributed by atoms with Gasteiger partial charge in [0.15, 0.2) is 0 Å². The molecule has 0 bridgehead atoms. The zero-order valence-electron chi connectivity index (χ0n) is 22.7. The van der Waals surface area contributed by atoms with Gasteiger partial charge in [-0.25, -0.2) is 14.5 Å². The van der Waals surface area contributed by atoms with Crippen molar-refractivity contribution in [2.75, 3.05) is 10.2 Å². The summed E-state index contributed by atoms with van der Waals surface area (Å²) in [4.78, 5) is 52.0. The average Bonchev–Trinajstić information content (AvgIpc) is 3.20. The number of benzene rings is 4. The van der Waals surface area contributed by atoms with Gasteiger partial charge in [0.25, 0.3) is 11.8 Å². The molecule has 42 heavy (non-hydrogen) atoms. The highest BCUT2D eigenvalue weighted by atomic mass is 35.5. The summed E-state index contributed by atoms with van der Waals surface area (Å²) < 4.78 is 10.7. The van der Waals surface area contributed by atoms with Crippen LogP contribution in [0.4, 0.5) is 11.4 Å². The normalized spacial score (nSPS) is 12.9. The number of carbonyl (C=O) groups excluding carboxylic acids is 4. The molecule has 8 nitrogen and oxygen atoms in total. The highest BCUT2D eigenvalue weighted by Crippen LogP contribution is 2.32. The Labute approximate surface area is 247 Å². The minimum Gasteiger partial charge on any atom is -0.457 e. The number of halogens is 1. The number of amides is 2. The van der Waals surface area contributed by atoms with Crippen LogP contribution in [0.25, 0.3) is 0 Å². The van der Waals surface area contributed by atoms with E-state index >= 15 is 0 Å². The first kappa shape index (κ1) is 28.3. The number of aryl methyl sites for hydroxylation is 2. The van der Waals surface area contributed by atoms with Crippen molar-refractivity contribution in [2.24, 2.45) is 0 Å². The first-order valence-electron chi connectivity index (χ1n) is 13.0. The van der Waals surface area contributed by atoms with Crippen LogP contribution in [0.15, 0.2) is 108 Å². The Morgan fingerprint density at radius 3 is 2.10 bits per heavy atom. The lowest BCUT2D eigenvalue weighted by molar-refractivity contribution is -0.120. The second-order valence-electron chi connectivity index (χ2n) is 9.60. The molecule has 0 spiro atoms. The van der Waals surface area contributed by atoms with E-state index in [0.29, 0.717) is 16.9 Å². The molecule has 5 rings (SSSR count). The highest BCUT2D eigenvalue weighted by Gasteiger charge is 2.39. The van der Waals surface area contributed by atoms with Crippen LogP contribution in [-0.4, -0.2) is 23.8 Å². The Bertz CT molecular complexity index is 1710. The number of nitrogens with one attached hydrogen (secondary N) is 1. The van der Waals surface area contributed by atoms with Crippen molar-refractivity contribution in [3.05, 3.63) is 136 Å². The lowest BCUT2D eigenvalue weighted by Crippen LogP contribution is -2.32. The van der Waals surface area contributed by atoms with E-state index in [-0.39, 0.29) is 28.6 Å². The van der Waals surface area contributed by atoms with Gasteiger partial charge < -0.3 is 14.8 Å². The summed E-state index contributed by atoms with van der Waals surface area (Å²) in [6.45, 7) is 3.89. The maximum Gasteiger partial charge on any atom is 0.343 e. The SMILES string of the molecule is Cc1ccc(N2C(=O)C(Cl)=C(Nc3ccc(C(=O)Oc4ccc(C(=O)OCc5ccccc5)cc4)cc3)C2=O)c(C)c1. The average molecular weight is 581 g/mol. The van der Waals surface area contributed by atoms with Crippen LogP contribution >= 0.6 is 11.6 Å². The maximum atomic E-state index is 13.1. The topological polar surface area (TPSA) is 102 Å². The molecule has 1 N–H and O–H groups in total. The summed E-state index contributed by atoms with van der Waals surface area (Å²) in [6, 6.07) is 26.9. The van der Waals surface area contributed by atoms with Crippen LogP contribution < -0.4 is 15.0 Å². The fourth-order valence-corrected chi connectivity index (χ4v) is 4.56. The highest BCUT2D eigenvalue weighted by molar-refractivity contribution is 6.53. The molecule has 1 aliphatic rings. The molecule has 0 aliphatic carbocycles. The second kappa shape index (κ2) is 12.1. The van der Waals surface area contributed by atoms with Gasteiger partial charge in [0.05, 0.1) is 16.8 Å². The van der Waals surface area contributed by atoms with Crippen molar-refractivity contribution in [3.8, 4) is 5.75 Å². The van der Waals surface area contributed by atoms with Crippen LogP contribution in [0.5, 0.6) is 5.75 Å². The Kier molecular flexibility index (Phi) is 8.17. The summed E-state index contributed by atoms with van der Waals surface area (Å²) >= 11 is 6.25. The number of rotatable bonds is 8. The quantitative estimate of drug-likeness (QED) is 0.148. The molecule has 0 aromatic heterocycles. The summed E-state index contributed by atoms with van der Waals surface area (Å²) in [5.74, 6) is -2.05. The number of ether oxygens (including phenoxy) is 2. The van der Waals surface area contributed by atoms with Crippen LogP contribution in [0.2, 0.25) is 0 Å². The number of carbonyl (C=O) groups is 4. The number of anilines is 2. The van der Waals surface area contributed by atoms with Gasteiger partial charge in [0.2, 0.25) is 0 Å². The lowest BCUT2D eigenvalue weighted by Gasteiger charge is -2.18. The van der Waals surface area contributed by atoms with Crippen molar-refractivity contribution < 1.29 is 28.7 Å². The van der Waals surface area contributed by atoms with Gasteiger partial charge >= 0.3 is 11.9 Å². The van der Waals surface area contributed by atoms with Crippen LogP contribution in [0, 0.1) is 13.8 Å². The van der Waals surface area contributed by atoms with Gasteiger partial charge in [-0.05, 0) is 79.6 Å². The van der Waals surface area contributed by atoms with Gasteiger partial charge in [-0.1, -0.05) is 59.6 Å². The Hall–Kier alpha value is -5.21. The molecular formula is C33H25ClN2O6. The third-order valence-electron chi connectivity index (χ3n) is 6.52. The van der Waals surface area contributed by atoms with E-state index < -0.39 is 23.8 Å². The van der Waals surface area contributed by atoms with Gasteiger partial charge in [0, 0.05) is 5.69 Å². The van der Waals surface area contributed by atoms with E-state index in [1.54, 1.807) is 18.2 Å². The molecule has 1 aliphatic heterocycles. The first-order chi connectivity index (χ1) is 20.2. The summed E-state index contributed by atoms with van der Waals surface area (Å²) in [5, 5.41) is 2.67. The van der Waals surface area contributed by atoms with Gasteiger partial charge in [-0.15, -0.1) is 0 Å². The van der Waals surface area contributed by atoms with E-state index in [1.807, 2.05) is 56.3 Å². The minimum atomic E-state index is -0.619. The van der Waals surface area contributed by atoms with E-state index in [9.17, 15) is 19.2 Å². The Balaban J connectivity index is 1.19. The molecule has 0 saturated carbocycles. The van der Waals surface area contributed by atoms with Gasteiger partial charge in [-0.2, -0.15) is 0 Å². The van der Waals surface area contributed by atoms with E-state index in [0.717, 1.165) is 21.6 Å². The lowest BCUT2D eigenvalue weighted by atomic mass is 10.1. The molecule has 0 saturated heterocycles. The molecule has 1 heterocycles. The van der Waals surface area contributed by atoms with E-state index in [1.165, 1.54) is 36.4 Å². The monoisotopic (exact) mass is 580 g/mol. The largest absolute Gasteiger partial charge is 0.457 e. The molecule has 210 valence electrons. The summed E-state index contributed by atoms with van der Waals surface area (Å²) in [7, 11) is 0. The molecule has 0 atom stereocenters. The van der Waals surface area contributed by atoms with Crippen molar-refractivity contribution >= 4 is 46.7 Å². The number of hydrogen-bond acceptors (Lipinski definition) is 7. The zero-order chi connectivity index (χ0) is 29.8. The van der Waals surface area contributed by atoms with Crippen molar-refractivity contribution in [2.45, 2.75) is 20.5 Å². The molecule has 9 heteroatoms. The number of esters is 2. The Morgan fingerprint density at radius 2 is 1.43 bits per heavy atom. The summed E-state index contributed by atoms with van der Waals surface area (Å²) in [6.07, 6.45) is 0. The zero-order valence-corrected chi connectivity index (χ0v) is 23.5. The van der Waals surface area contributed by atoms with Crippen molar-refractivity contribution in [3.63, 3.8) is 0 Å². The van der Waals surface area contributed by atoms with Crippen molar-refractivity contribution in [1.82, 2.24) is 0 Å².